The number of aliphatic hydroxyl groups excluding tert-OH is 1. The first kappa shape index (κ1) is 12.7. The molecular weight excluding hydrogens is 162 g/mol. The van der Waals surface area contributed by atoms with E-state index in [0.717, 1.165) is 19.4 Å². The Kier molecular flexibility index (Phi) is 8.05. The van der Waals surface area contributed by atoms with Crippen LogP contribution in [0.2, 0.25) is 0 Å². The van der Waals surface area contributed by atoms with Crippen LogP contribution in [0.15, 0.2) is 11.6 Å². The zero-order valence-electron chi connectivity index (χ0n) is 9.21. The SMILES string of the molecule is CCCN(C)CCC=C(C)CCO. The van der Waals surface area contributed by atoms with Crippen molar-refractivity contribution in [1.82, 2.24) is 4.90 Å². The molecule has 0 saturated heterocycles. The molecule has 0 heterocycles. The van der Waals surface area contributed by atoms with Crippen LogP contribution in [0.5, 0.6) is 0 Å². The number of rotatable bonds is 7. The maximum Gasteiger partial charge on any atom is 0.0468 e. The van der Waals surface area contributed by atoms with Gasteiger partial charge in [0.25, 0.3) is 0 Å². The number of hydrogen-bond donors (Lipinski definition) is 1. The predicted octanol–water partition coefficient (Wildman–Crippen LogP) is 2.05. The Morgan fingerprint density at radius 1 is 1.38 bits per heavy atom. The molecule has 0 unspecified atom stereocenters. The van der Waals surface area contributed by atoms with Crippen LogP contribution in [0.1, 0.15) is 33.1 Å². The third kappa shape index (κ3) is 8.00. The lowest BCUT2D eigenvalue weighted by Gasteiger charge is -2.13. The standard InChI is InChI=1S/C11H23NO/c1-4-8-12(3)9-5-6-11(2)7-10-13/h6,13H,4-5,7-10H2,1-3H3. The smallest absolute Gasteiger partial charge is 0.0468 e. The molecule has 0 aromatic rings. The summed E-state index contributed by atoms with van der Waals surface area (Å²) in [4.78, 5) is 2.34. The first-order chi connectivity index (χ1) is 6.20. The van der Waals surface area contributed by atoms with Crippen LogP contribution in [0, 0.1) is 0 Å². The van der Waals surface area contributed by atoms with Gasteiger partial charge >= 0.3 is 0 Å². The Labute approximate surface area is 82.3 Å². The van der Waals surface area contributed by atoms with Crippen molar-refractivity contribution in [2.75, 3.05) is 26.7 Å². The Hall–Kier alpha value is -0.340. The molecule has 0 bridgehead atoms. The molecule has 0 aromatic carbocycles. The molecule has 0 amide bonds. The van der Waals surface area contributed by atoms with Gasteiger partial charge in [-0.2, -0.15) is 0 Å². The average molecular weight is 185 g/mol. The Bertz CT molecular complexity index is 143. The van der Waals surface area contributed by atoms with Crippen molar-refractivity contribution < 1.29 is 5.11 Å². The molecule has 0 saturated carbocycles. The Morgan fingerprint density at radius 2 is 2.08 bits per heavy atom. The summed E-state index contributed by atoms with van der Waals surface area (Å²) in [5, 5.41) is 8.68. The highest BCUT2D eigenvalue weighted by molar-refractivity contribution is 4.97. The molecule has 0 radical (unpaired) electrons. The molecule has 2 heteroatoms. The second-order valence-corrected chi connectivity index (χ2v) is 3.62. The van der Waals surface area contributed by atoms with Crippen LogP contribution in [-0.2, 0) is 0 Å². The summed E-state index contributed by atoms with van der Waals surface area (Å²) in [5.41, 5.74) is 1.30. The molecule has 0 spiro atoms. The molecular formula is C11H23NO. The zero-order chi connectivity index (χ0) is 10.1. The first-order valence-electron chi connectivity index (χ1n) is 5.15. The van der Waals surface area contributed by atoms with Crippen molar-refractivity contribution in [2.24, 2.45) is 0 Å². The Morgan fingerprint density at radius 3 is 2.62 bits per heavy atom. The summed E-state index contributed by atoms with van der Waals surface area (Å²) in [7, 11) is 2.15. The summed E-state index contributed by atoms with van der Waals surface area (Å²) >= 11 is 0. The molecule has 0 aliphatic carbocycles. The zero-order valence-corrected chi connectivity index (χ0v) is 9.21. The van der Waals surface area contributed by atoms with Crippen LogP contribution >= 0.6 is 0 Å². The molecule has 2 nitrogen and oxygen atoms in total. The Balaban J connectivity index is 3.47. The summed E-state index contributed by atoms with van der Waals surface area (Å²) in [5.74, 6) is 0. The molecule has 0 aromatic heterocycles. The minimum atomic E-state index is 0.271. The van der Waals surface area contributed by atoms with Gasteiger partial charge in [0.05, 0.1) is 0 Å². The quantitative estimate of drug-likeness (QED) is 0.614. The van der Waals surface area contributed by atoms with E-state index >= 15 is 0 Å². The van der Waals surface area contributed by atoms with Gasteiger partial charge < -0.3 is 10.0 Å². The van der Waals surface area contributed by atoms with Gasteiger partial charge in [-0.1, -0.05) is 18.6 Å². The maximum atomic E-state index is 8.68. The van der Waals surface area contributed by atoms with Crippen molar-refractivity contribution in [3.63, 3.8) is 0 Å². The van der Waals surface area contributed by atoms with Crippen molar-refractivity contribution in [3.05, 3.63) is 11.6 Å². The molecule has 0 aliphatic heterocycles. The number of nitrogens with zero attached hydrogens (tertiary/aromatic N) is 1. The third-order valence-corrected chi connectivity index (χ3v) is 2.12. The van der Waals surface area contributed by atoms with Gasteiger partial charge in [-0.25, -0.2) is 0 Å². The summed E-state index contributed by atoms with van der Waals surface area (Å²) in [6.45, 7) is 6.84. The fraction of sp³-hybridized carbons (Fsp3) is 0.818. The average Bonchev–Trinajstić information content (AvgIpc) is 2.05. The molecule has 0 atom stereocenters. The van der Waals surface area contributed by atoms with Crippen molar-refractivity contribution in [3.8, 4) is 0 Å². The van der Waals surface area contributed by atoms with Crippen LogP contribution in [0.25, 0.3) is 0 Å². The van der Waals surface area contributed by atoms with E-state index in [2.05, 4.69) is 31.9 Å². The molecule has 0 rings (SSSR count). The van der Waals surface area contributed by atoms with Crippen LogP contribution in [0.4, 0.5) is 0 Å². The predicted molar refractivity (Wildman–Crippen MR) is 57.9 cm³/mol. The van der Waals surface area contributed by atoms with Gasteiger partial charge in [-0.05, 0) is 39.8 Å². The van der Waals surface area contributed by atoms with E-state index < -0.39 is 0 Å². The van der Waals surface area contributed by atoms with Crippen LogP contribution < -0.4 is 0 Å². The van der Waals surface area contributed by atoms with E-state index in [4.69, 9.17) is 5.11 Å². The second kappa shape index (κ2) is 8.27. The lowest BCUT2D eigenvalue weighted by Crippen LogP contribution is -2.19. The lowest BCUT2D eigenvalue weighted by atomic mass is 10.2. The van der Waals surface area contributed by atoms with Crippen molar-refractivity contribution in [2.45, 2.75) is 33.1 Å². The minimum Gasteiger partial charge on any atom is -0.396 e. The number of hydrogen-bond acceptors (Lipinski definition) is 2. The van der Waals surface area contributed by atoms with Crippen molar-refractivity contribution >= 4 is 0 Å². The van der Waals surface area contributed by atoms with E-state index in [1.54, 1.807) is 0 Å². The summed E-state index contributed by atoms with van der Waals surface area (Å²) < 4.78 is 0. The number of aliphatic hydroxyl groups is 1. The molecule has 1 N–H and O–H groups in total. The van der Waals surface area contributed by atoms with E-state index in [-0.39, 0.29) is 6.61 Å². The lowest BCUT2D eigenvalue weighted by molar-refractivity contribution is 0.299. The van der Waals surface area contributed by atoms with Gasteiger partial charge in [-0.3, -0.25) is 0 Å². The third-order valence-electron chi connectivity index (χ3n) is 2.12. The van der Waals surface area contributed by atoms with Gasteiger partial charge in [0.15, 0.2) is 0 Å². The fourth-order valence-corrected chi connectivity index (χ4v) is 1.30. The minimum absolute atomic E-state index is 0.271. The largest absolute Gasteiger partial charge is 0.396 e. The summed E-state index contributed by atoms with van der Waals surface area (Å²) in [6, 6.07) is 0. The van der Waals surface area contributed by atoms with E-state index in [9.17, 15) is 0 Å². The van der Waals surface area contributed by atoms with E-state index in [0.29, 0.717) is 0 Å². The fourth-order valence-electron chi connectivity index (χ4n) is 1.30. The van der Waals surface area contributed by atoms with Gasteiger partial charge in [0, 0.05) is 13.2 Å². The van der Waals surface area contributed by atoms with Gasteiger partial charge in [0.1, 0.15) is 0 Å². The van der Waals surface area contributed by atoms with Crippen molar-refractivity contribution in [1.29, 1.82) is 0 Å². The topological polar surface area (TPSA) is 23.5 Å². The highest BCUT2D eigenvalue weighted by Gasteiger charge is 1.94. The van der Waals surface area contributed by atoms with Crippen LogP contribution in [0.3, 0.4) is 0 Å². The van der Waals surface area contributed by atoms with Gasteiger partial charge in [-0.15, -0.1) is 0 Å². The first-order valence-corrected chi connectivity index (χ1v) is 5.15. The van der Waals surface area contributed by atoms with E-state index in [1.807, 2.05) is 0 Å². The maximum absolute atomic E-state index is 8.68. The highest BCUT2D eigenvalue weighted by atomic mass is 16.2. The van der Waals surface area contributed by atoms with Crippen LogP contribution in [-0.4, -0.2) is 36.8 Å². The monoisotopic (exact) mass is 185 g/mol. The molecule has 78 valence electrons. The highest BCUT2D eigenvalue weighted by Crippen LogP contribution is 2.01. The van der Waals surface area contributed by atoms with E-state index in [1.165, 1.54) is 18.5 Å². The second-order valence-electron chi connectivity index (χ2n) is 3.62. The molecule has 0 aliphatic rings. The molecule has 13 heavy (non-hydrogen) atoms. The summed E-state index contributed by atoms with van der Waals surface area (Å²) in [6.07, 6.45) is 5.36. The molecule has 0 fully saturated rings. The normalized spacial score (nSPS) is 12.5. The van der Waals surface area contributed by atoms with Gasteiger partial charge in [0.2, 0.25) is 0 Å².